The van der Waals surface area contributed by atoms with Gasteiger partial charge in [-0.2, -0.15) is 5.10 Å². The smallest absolute Gasteiger partial charge is 0.183 e. The van der Waals surface area contributed by atoms with Crippen molar-refractivity contribution in [3.05, 3.63) is 18.0 Å². The number of carbonyl (C=O) groups excluding carboxylic acids is 1. The second-order valence-corrected chi connectivity index (χ2v) is 4.04. The Hall–Kier alpha value is -1.12. The monoisotopic (exact) mass is 192 g/mol. The molecule has 0 unspecified atom stereocenters. The Bertz CT molecular complexity index is 324. The molecule has 1 aromatic rings. The third-order valence-electron chi connectivity index (χ3n) is 3.05. The van der Waals surface area contributed by atoms with E-state index >= 15 is 0 Å². The van der Waals surface area contributed by atoms with Crippen molar-refractivity contribution in [2.24, 2.45) is 13.0 Å². The van der Waals surface area contributed by atoms with Crippen molar-refractivity contribution < 1.29 is 4.79 Å². The second-order valence-electron chi connectivity index (χ2n) is 4.04. The predicted octanol–water partition coefficient (Wildman–Crippen LogP) is 2.18. The van der Waals surface area contributed by atoms with Gasteiger partial charge < -0.3 is 0 Å². The molecule has 0 saturated heterocycles. The molecular formula is C11H16N2O. The van der Waals surface area contributed by atoms with Gasteiger partial charge in [0, 0.05) is 19.2 Å². The van der Waals surface area contributed by atoms with Crippen molar-refractivity contribution in [1.29, 1.82) is 0 Å². The Kier molecular flexibility index (Phi) is 2.66. The molecule has 0 radical (unpaired) electrons. The minimum atomic E-state index is 0.249. The Morgan fingerprint density at radius 3 is 2.71 bits per heavy atom. The van der Waals surface area contributed by atoms with Gasteiger partial charge in [0.05, 0.1) is 0 Å². The minimum Gasteiger partial charge on any atom is -0.292 e. The van der Waals surface area contributed by atoms with E-state index in [1.807, 2.05) is 13.1 Å². The average Bonchev–Trinajstić information content (AvgIpc) is 2.65. The molecule has 76 valence electrons. The molecule has 0 aliphatic heterocycles. The van der Waals surface area contributed by atoms with E-state index in [9.17, 15) is 4.79 Å². The highest BCUT2D eigenvalue weighted by Gasteiger charge is 2.23. The first kappa shape index (κ1) is 9.44. The van der Waals surface area contributed by atoms with Gasteiger partial charge in [-0.25, -0.2) is 0 Å². The van der Waals surface area contributed by atoms with Gasteiger partial charge in [-0.15, -0.1) is 0 Å². The van der Waals surface area contributed by atoms with Crippen LogP contribution >= 0.6 is 0 Å². The van der Waals surface area contributed by atoms with E-state index in [-0.39, 0.29) is 11.7 Å². The number of aromatic nitrogens is 2. The highest BCUT2D eigenvalue weighted by molar-refractivity contribution is 5.96. The fraction of sp³-hybridized carbons (Fsp3) is 0.636. The van der Waals surface area contributed by atoms with Gasteiger partial charge in [-0.3, -0.25) is 9.48 Å². The lowest BCUT2D eigenvalue weighted by Gasteiger charge is -2.19. The van der Waals surface area contributed by atoms with Crippen LogP contribution in [0.3, 0.4) is 0 Å². The summed E-state index contributed by atoms with van der Waals surface area (Å²) in [7, 11) is 1.83. The third-order valence-corrected chi connectivity index (χ3v) is 3.05. The standard InChI is InChI=1S/C11H16N2O/c1-13-10(7-8-12-13)11(14)9-5-3-2-4-6-9/h7-9H,2-6H2,1H3. The van der Waals surface area contributed by atoms with Crippen molar-refractivity contribution in [1.82, 2.24) is 9.78 Å². The molecule has 2 rings (SSSR count). The van der Waals surface area contributed by atoms with Crippen LogP contribution in [0.1, 0.15) is 42.6 Å². The molecule has 0 amide bonds. The first-order valence-corrected chi connectivity index (χ1v) is 5.31. The van der Waals surface area contributed by atoms with E-state index < -0.39 is 0 Å². The maximum Gasteiger partial charge on any atom is 0.183 e. The van der Waals surface area contributed by atoms with Crippen molar-refractivity contribution in [3.63, 3.8) is 0 Å². The molecule has 1 saturated carbocycles. The summed E-state index contributed by atoms with van der Waals surface area (Å²) in [5.41, 5.74) is 0.761. The predicted molar refractivity (Wildman–Crippen MR) is 54.1 cm³/mol. The Morgan fingerprint density at radius 1 is 1.43 bits per heavy atom. The van der Waals surface area contributed by atoms with E-state index in [0.717, 1.165) is 18.5 Å². The lowest BCUT2D eigenvalue weighted by Crippen LogP contribution is -2.20. The van der Waals surface area contributed by atoms with Crippen LogP contribution in [-0.4, -0.2) is 15.6 Å². The zero-order valence-electron chi connectivity index (χ0n) is 8.57. The van der Waals surface area contributed by atoms with Crippen LogP contribution in [0.25, 0.3) is 0 Å². The van der Waals surface area contributed by atoms with Crippen LogP contribution in [0.2, 0.25) is 0 Å². The second kappa shape index (κ2) is 3.95. The van der Waals surface area contributed by atoms with Crippen molar-refractivity contribution in [2.45, 2.75) is 32.1 Å². The fourth-order valence-electron chi connectivity index (χ4n) is 2.19. The van der Waals surface area contributed by atoms with Gasteiger partial charge in [0.1, 0.15) is 5.69 Å². The Balaban J connectivity index is 2.11. The quantitative estimate of drug-likeness (QED) is 0.673. The molecule has 3 heteroatoms. The van der Waals surface area contributed by atoms with Crippen LogP contribution in [0.4, 0.5) is 0 Å². The Morgan fingerprint density at radius 2 is 2.14 bits per heavy atom. The fourth-order valence-corrected chi connectivity index (χ4v) is 2.19. The van der Waals surface area contributed by atoms with Gasteiger partial charge in [0.2, 0.25) is 0 Å². The summed E-state index contributed by atoms with van der Waals surface area (Å²) >= 11 is 0. The number of aryl methyl sites for hydroxylation is 1. The lowest BCUT2D eigenvalue weighted by molar-refractivity contribution is 0.0879. The van der Waals surface area contributed by atoms with Crippen molar-refractivity contribution >= 4 is 5.78 Å². The van der Waals surface area contributed by atoms with E-state index in [2.05, 4.69) is 5.10 Å². The minimum absolute atomic E-state index is 0.249. The van der Waals surface area contributed by atoms with E-state index in [1.54, 1.807) is 10.9 Å². The summed E-state index contributed by atoms with van der Waals surface area (Å²) in [6.45, 7) is 0. The zero-order valence-corrected chi connectivity index (χ0v) is 8.57. The highest BCUT2D eigenvalue weighted by atomic mass is 16.1. The molecule has 1 heterocycles. The number of rotatable bonds is 2. The summed E-state index contributed by atoms with van der Waals surface area (Å²) in [6.07, 6.45) is 7.50. The molecule has 0 aromatic carbocycles. The third kappa shape index (κ3) is 1.72. The van der Waals surface area contributed by atoms with E-state index in [0.29, 0.717) is 0 Å². The van der Waals surface area contributed by atoms with Crippen LogP contribution < -0.4 is 0 Å². The molecule has 0 spiro atoms. The molecule has 1 aromatic heterocycles. The van der Waals surface area contributed by atoms with E-state index in [4.69, 9.17) is 0 Å². The summed E-state index contributed by atoms with van der Waals surface area (Å²) in [5.74, 6) is 0.531. The molecule has 3 nitrogen and oxygen atoms in total. The summed E-state index contributed by atoms with van der Waals surface area (Å²) in [5, 5.41) is 4.03. The van der Waals surface area contributed by atoms with Crippen LogP contribution in [0.5, 0.6) is 0 Å². The van der Waals surface area contributed by atoms with Crippen LogP contribution in [0, 0.1) is 5.92 Å². The zero-order chi connectivity index (χ0) is 9.97. The summed E-state index contributed by atoms with van der Waals surface area (Å²) < 4.78 is 1.68. The van der Waals surface area contributed by atoms with Gasteiger partial charge in [0.15, 0.2) is 5.78 Å². The van der Waals surface area contributed by atoms with E-state index in [1.165, 1.54) is 19.3 Å². The van der Waals surface area contributed by atoms with Gasteiger partial charge in [0.25, 0.3) is 0 Å². The number of hydrogen-bond acceptors (Lipinski definition) is 2. The first-order valence-electron chi connectivity index (χ1n) is 5.31. The first-order chi connectivity index (χ1) is 6.79. The van der Waals surface area contributed by atoms with Crippen molar-refractivity contribution in [2.75, 3.05) is 0 Å². The average molecular weight is 192 g/mol. The van der Waals surface area contributed by atoms with Gasteiger partial charge in [-0.1, -0.05) is 19.3 Å². The van der Waals surface area contributed by atoms with Crippen LogP contribution in [-0.2, 0) is 7.05 Å². The molecule has 14 heavy (non-hydrogen) atoms. The number of nitrogens with zero attached hydrogens (tertiary/aromatic N) is 2. The van der Waals surface area contributed by atoms with Crippen molar-refractivity contribution in [3.8, 4) is 0 Å². The molecule has 1 aliphatic carbocycles. The normalized spacial score (nSPS) is 18.4. The topological polar surface area (TPSA) is 34.9 Å². The lowest BCUT2D eigenvalue weighted by atomic mass is 9.85. The van der Waals surface area contributed by atoms with Gasteiger partial charge >= 0.3 is 0 Å². The maximum absolute atomic E-state index is 12.0. The molecule has 1 fully saturated rings. The highest BCUT2D eigenvalue weighted by Crippen LogP contribution is 2.26. The summed E-state index contributed by atoms with van der Waals surface area (Å²) in [4.78, 5) is 12.0. The summed E-state index contributed by atoms with van der Waals surface area (Å²) in [6, 6.07) is 1.82. The largest absolute Gasteiger partial charge is 0.292 e. The number of carbonyl (C=O) groups is 1. The molecular weight excluding hydrogens is 176 g/mol. The van der Waals surface area contributed by atoms with Crippen LogP contribution in [0.15, 0.2) is 12.3 Å². The maximum atomic E-state index is 12.0. The molecule has 0 bridgehead atoms. The molecule has 0 atom stereocenters. The SMILES string of the molecule is Cn1nccc1C(=O)C1CCCCC1. The molecule has 1 aliphatic rings. The van der Waals surface area contributed by atoms with Gasteiger partial charge in [-0.05, 0) is 18.9 Å². The number of hydrogen-bond donors (Lipinski definition) is 0. The number of Topliss-reactive ketones (excluding diaryl/α,β-unsaturated/α-hetero) is 1. The Labute approximate surface area is 84.1 Å². The molecule has 0 N–H and O–H groups in total. The number of ketones is 1.